The van der Waals surface area contributed by atoms with Crippen molar-refractivity contribution < 1.29 is 19.1 Å². The first-order chi connectivity index (χ1) is 7.45. The van der Waals surface area contributed by atoms with E-state index in [4.69, 9.17) is 4.74 Å². The molecule has 90 valence electrons. The normalized spacial score (nSPS) is 36.2. The van der Waals surface area contributed by atoms with Crippen LogP contribution in [0.5, 0.6) is 0 Å². The van der Waals surface area contributed by atoms with E-state index in [2.05, 4.69) is 18.6 Å². The number of esters is 1. The minimum absolute atomic E-state index is 0.00623. The van der Waals surface area contributed by atoms with Crippen LogP contribution in [0.3, 0.4) is 0 Å². The van der Waals surface area contributed by atoms with Crippen molar-refractivity contribution in [3.05, 3.63) is 0 Å². The molecule has 0 amide bonds. The van der Waals surface area contributed by atoms with E-state index in [1.807, 2.05) is 0 Å². The summed E-state index contributed by atoms with van der Waals surface area (Å²) in [6.45, 7) is 4.60. The number of hydrogen-bond acceptors (Lipinski definition) is 4. The van der Waals surface area contributed by atoms with E-state index in [0.717, 1.165) is 0 Å². The highest BCUT2D eigenvalue weighted by Gasteiger charge is 2.55. The van der Waals surface area contributed by atoms with Gasteiger partial charge in [-0.25, -0.2) is 0 Å². The van der Waals surface area contributed by atoms with Gasteiger partial charge in [-0.2, -0.15) is 0 Å². The van der Waals surface area contributed by atoms with Crippen molar-refractivity contribution >= 4 is 11.8 Å². The Morgan fingerprint density at radius 3 is 2.88 bits per heavy atom. The maximum absolute atomic E-state index is 11.9. The number of rotatable bonds is 2. The number of methoxy groups -OCH3 is 1. The average Bonchev–Trinajstić information content (AvgIpc) is 2.69. The molecule has 3 atom stereocenters. The van der Waals surface area contributed by atoms with Gasteiger partial charge < -0.3 is 9.47 Å². The number of fused-ring (bicyclic) bond motifs is 1. The highest BCUT2D eigenvalue weighted by atomic mass is 16.5. The Bertz CT molecular complexity index is 321. The van der Waals surface area contributed by atoms with Gasteiger partial charge >= 0.3 is 5.97 Å². The molecule has 1 heterocycles. The van der Waals surface area contributed by atoms with E-state index in [9.17, 15) is 9.59 Å². The number of carbonyl (C=O) groups is 2. The molecule has 4 heteroatoms. The highest BCUT2D eigenvalue weighted by molar-refractivity contribution is 5.86. The second-order valence-electron chi connectivity index (χ2n) is 5.45. The summed E-state index contributed by atoms with van der Waals surface area (Å²) in [5.41, 5.74) is -0.0907. The fourth-order valence-electron chi connectivity index (χ4n) is 2.98. The Balaban J connectivity index is 2.11. The maximum Gasteiger partial charge on any atom is 0.305 e. The van der Waals surface area contributed by atoms with Gasteiger partial charge in [-0.05, 0) is 5.41 Å². The topological polar surface area (TPSA) is 52.6 Å². The molecule has 4 nitrogen and oxygen atoms in total. The summed E-state index contributed by atoms with van der Waals surface area (Å²) in [6.07, 6.45) is 0.828. The summed E-state index contributed by atoms with van der Waals surface area (Å²) in [4.78, 5) is 23.2. The van der Waals surface area contributed by atoms with Crippen LogP contribution >= 0.6 is 0 Å². The van der Waals surface area contributed by atoms with E-state index in [-0.39, 0.29) is 35.1 Å². The van der Waals surface area contributed by atoms with Crippen molar-refractivity contribution in [3.63, 3.8) is 0 Å². The molecule has 1 saturated heterocycles. The molecule has 0 aromatic carbocycles. The van der Waals surface area contributed by atoms with Crippen molar-refractivity contribution in [2.75, 3.05) is 13.7 Å². The van der Waals surface area contributed by atoms with Crippen LogP contribution in [0.15, 0.2) is 0 Å². The van der Waals surface area contributed by atoms with Crippen LogP contribution in [0.1, 0.15) is 26.7 Å². The third-order valence-electron chi connectivity index (χ3n) is 3.75. The van der Waals surface area contributed by atoms with E-state index < -0.39 is 0 Å². The lowest BCUT2D eigenvalue weighted by Crippen LogP contribution is -2.28. The molecular weight excluding hydrogens is 208 g/mol. The maximum atomic E-state index is 11.9. The van der Waals surface area contributed by atoms with Gasteiger partial charge in [0.2, 0.25) is 0 Å². The first-order valence-corrected chi connectivity index (χ1v) is 5.67. The Morgan fingerprint density at radius 2 is 2.25 bits per heavy atom. The Hall–Kier alpha value is -0.900. The quantitative estimate of drug-likeness (QED) is 0.663. The van der Waals surface area contributed by atoms with E-state index >= 15 is 0 Å². The Kier molecular flexibility index (Phi) is 2.78. The predicted octanol–water partition coefficient (Wildman–Crippen LogP) is 1.18. The fraction of sp³-hybridized carbons (Fsp3) is 0.833. The molecule has 1 saturated carbocycles. The van der Waals surface area contributed by atoms with Crippen molar-refractivity contribution in [1.82, 2.24) is 0 Å². The SMILES string of the molecule is COC(=O)C[C@@H]1CO[C@H]2[C@@H]1C(=O)CC2(C)C. The molecule has 0 bridgehead atoms. The van der Waals surface area contributed by atoms with Gasteiger partial charge in [0.25, 0.3) is 0 Å². The molecule has 2 rings (SSSR count). The monoisotopic (exact) mass is 226 g/mol. The second kappa shape index (κ2) is 3.84. The van der Waals surface area contributed by atoms with E-state index in [1.165, 1.54) is 7.11 Å². The van der Waals surface area contributed by atoms with Crippen molar-refractivity contribution in [3.8, 4) is 0 Å². The van der Waals surface area contributed by atoms with Gasteiger partial charge in [0.05, 0.1) is 32.2 Å². The molecule has 0 unspecified atom stereocenters. The minimum Gasteiger partial charge on any atom is -0.469 e. The number of ether oxygens (including phenoxy) is 2. The van der Waals surface area contributed by atoms with E-state index in [1.54, 1.807) is 0 Å². The van der Waals surface area contributed by atoms with Crippen molar-refractivity contribution in [1.29, 1.82) is 0 Å². The molecule has 0 aromatic heterocycles. The lowest BCUT2D eigenvalue weighted by atomic mass is 9.84. The summed E-state index contributed by atoms with van der Waals surface area (Å²) < 4.78 is 10.3. The average molecular weight is 226 g/mol. The largest absolute Gasteiger partial charge is 0.469 e. The summed E-state index contributed by atoms with van der Waals surface area (Å²) in [5.74, 6) is -0.117. The Labute approximate surface area is 95.3 Å². The predicted molar refractivity (Wildman–Crippen MR) is 56.8 cm³/mol. The van der Waals surface area contributed by atoms with Gasteiger partial charge in [-0.1, -0.05) is 13.8 Å². The van der Waals surface area contributed by atoms with Gasteiger partial charge in [0.15, 0.2) is 0 Å². The summed E-state index contributed by atoms with van der Waals surface area (Å²) in [6, 6.07) is 0. The van der Waals surface area contributed by atoms with Crippen LogP contribution in [-0.4, -0.2) is 31.6 Å². The van der Waals surface area contributed by atoms with E-state index in [0.29, 0.717) is 19.4 Å². The number of Topliss-reactive ketones (excluding diaryl/α,β-unsaturated/α-hetero) is 1. The molecule has 0 radical (unpaired) electrons. The molecule has 1 aliphatic heterocycles. The van der Waals surface area contributed by atoms with Crippen LogP contribution in [0.4, 0.5) is 0 Å². The summed E-state index contributed by atoms with van der Waals surface area (Å²) >= 11 is 0. The molecule has 1 aliphatic carbocycles. The van der Waals surface area contributed by atoms with Crippen LogP contribution in [0.25, 0.3) is 0 Å². The molecule has 16 heavy (non-hydrogen) atoms. The zero-order chi connectivity index (χ0) is 11.9. The number of carbonyl (C=O) groups excluding carboxylic acids is 2. The molecule has 0 N–H and O–H groups in total. The lowest BCUT2D eigenvalue weighted by Gasteiger charge is -2.24. The fourth-order valence-corrected chi connectivity index (χ4v) is 2.98. The molecular formula is C12H18O4. The molecule has 0 aromatic rings. The second-order valence-corrected chi connectivity index (χ2v) is 5.45. The van der Waals surface area contributed by atoms with Crippen molar-refractivity contribution in [2.24, 2.45) is 17.3 Å². The number of ketones is 1. The first-order valence-electron chi connectivity index (χ1n) is 5.67. The first kappa shape index (κ1) is 11.6. The van der Waals surface area contributed by atoms with Gasteiger partial charge in [0, 0.05) is 12.3 Å². The number of hydrogen-bond donors (Lipinski definition) is 0. The summed E-state index contributed by atoms with van der Waals surface area (Å²) in [7, 11) is 1.37. The van der Waals surface area contributed by atoms with Crippen molar-refractivity contribution in [2.45, 2.75) is 32.8 Å². The standard InChI is InChI=1S/C12H18O4/c1-12(2)5-8(13)10-7(4-9(14)15-3)6-16-11(10)12/h7,10-11H,4-6H2,1-3H3/t7-,10+,11+/m1/s1. The zero-order valence-corrected chi connectivity index (χ0v) is 9.99. The smallest absolute Gasteiger partial charge is 0.305 e. The highest BCUT2D eigenvalue weighted by Crippen LogP contribution is 2.48. The molecule has 0 spiro atoms. The third kappa shape index (κ3) is 1.75. The van der Waals surface area contributed by atoms with Crippen LogP contribution in [0, 0.1) is 17.3 Å². The third-order valence-corrected chi connectivity index (χ3v) is 3.75. The van der Waals surface area contributed by atoms with Gasteiger partial charge in [0.1, 0.15) is 5.78 Å². The van der Waals surface area contributed by atoms with Crippen LogP contribution in [0.2, 0.25) is 0 Å². The van der Waals surface area contributed by atoms with Crippen LogP contribution < -0.4 is 0 Å². The van der Waals surface area contributed by atoms with Gasteiger partial charge in [-0.15, -0.1) is 0 Å². The molecule has 2 aliphatic rings. The minimum atomic E-state index is -0.258. The molecule has 2 fully saturated rings. The zero-order valence-electron chi connectivity index (χ0n) is 9.99. The summed E-state index contributed by atoms with van der Waals surface area (Å²) in [5, 5.41) is 0. The van der Waals surface area contributed by atoms with Crippen LogP contribution in [-0.2, 0) is 19.1 Å². The lowest BCUT2D eigenvalue weighted by molar-refractivity contribution is -0.142. The Morgan fingerprint density at radius 1 is 1.56 bits per heavy atom. The van der Waals surface area contributed by atoms with Gasteiger partial charge in [-0.3, -0.25) is 9.59 Å².